The molecule has 0 atom stereocenters. The molecule has 0 aromatic carbocycles. The van der Waals surface area contributed by atoms with Gasteiger partial charge >= 0.3 is 0 Å². The third-order valence-corrected chi connectivity index (χ3v) is 1.31. The molecule has 0 bridgehead atoms. The van der Waals surface area contributed by atoms with E-state index in [1.54, 1.807) is 17.1 Å². The van der Waals surface area contributed by atoms with E-state index < -0.39 is 5.97 Å². The largest absolute Gasteiger partial charge is 0.550 e. The van der Waals surface area contributed by atoms with E-state index in [4.69, 9.17) is 0 Å². The second kappa shape index (κ2) is 3.18. The molecule has 0 aliphatic rings. The molecule has 1 aromatic rings. The summed E-state index contributed by atoms with van der Waals surface area (Å²) in [4.78, 5) is 10.0. The molecule has 1 heterocycles. The van der Waals surface area contributed by atoms with Crippen LogP contribution >= 0.6 is 0 Å². The first-order chi connectivity index (χ1) is 5.18. The molecule has 1 rings (SSSR count). The van der Waals surface area contributed by atoms with Crippen molar-refractivity contribution in [2.45, 2.75) is 19.9 Å². The van der Waals surface area contributed by atoms with E-state index in [9.17, 15) is 9.90 Å². The lowest BCUT2D eigenvalue weighted by molar-refractivity contribution is -0.306. The van der Waals surface area contributed by atoms with Gasteiger partial charge in [0.1, 0.15) is 0 Å². The van der Waals surface area contributed by atoms with Crippen molar-refractivity contribution in [3.05, 3.63) is 18.0 Å². The topological polar surface area (TPSA) is 58.0 Å². The number of hydrogen-bond donors (Lipinski definition) is 0. The van der Waals surface area contributed by atoms with Crippen LogP contribution in [0.15, 0.2) is 12.4 Å². The number of hydrogen-bond acceptors (Lipinski definition) is 3. The summed E-state index contributed by atoms with van der Waals surface area (Å²) in [7, 11) is 0. The summed E-state index contributed by atoms with van der Waals surface area (Å²) in [5, 5.41) is 13.9. The van der Waals surface area contributed by atoms with Crippen molar-refractivity contribution in [2.24, 2.45) is 0 Å². The molecular weight excluding hydrogens is 144 g/mol. The molecule has 0 N–H and O–H groups in total. The van der Waals surface area contributed by atoms with E-state index in [2.05, 4.69) is 5.10 Å². The van der Waals surface area contributed by atoms with E-state index in [0.717, 1.165) is 5.56 Å². The van der Waals surface area contributed by atoms with E-state index >= 15 is 0 Å². The summed E-state index contributed by atoms with van der Waals surface area (Å²) in [5.74, 6) is -1.04. The Hall–Kier alpha value is -1.32. The molecule has 4 nitrogen and oxygen atoms in total. The molecule has 0 aliphatic carbocycles. The van der Waals surface area contributed by atoms with Gasteiger partial charge in [0.05, 0.1) is 6.20 Å². The van der Waals surface area contributed by atoms with E-state index in [0.29, 0.717) is 6.54 Å². The van der Waals surface area contributed by atoms with Crippen LogP contribution in [-0.4, -0.2) is 15.7 Å². The van der Waals surface area contributed by atoms with Gasteiger partial charge in [0.15, 0.2) is 0 Å². The summed E-state index contributed by atoms with van der Waals surface area (Å²) in [5.41, 5.74) is 1.03. The summed E-state index contributed by atoms with van der Waals surface area (Å²) in [6.45, 7) is 2.29. The smallest absolute Gasteiger partial charge is 0.0518 e. The molecule has 0 aliphatic heterocycles. The molecule has 0 fully saturated rings. The predicted molar refractivity (Wildman–Crippen MR) is 36.6 cm³/mol. The monoisotopic (exact) mass is 153 g/mol. The molecule has 0 unspecified atom stereocenters. The van der Waals surface area contributed by atoms with Crippen molar-refractivity contribution in [3.63, 3.8) is 0 Å². The summed E-state index contributed by atoms with van der Waals surface area (Å²) >= 11 is 0. The molecule has 0 radical (unpaired) electrons. The number of aromatic nitrogens is 2. The number of carboxylic acids is 1. The Labute approximate surface area is 64.5 Å². The van der Waals surface area contributed by atoms with Gasteiger partial charge in [-0.05, 0) is 12.5 Å². The standard InChI is InChI=1S/C7H10N2O2/c1-6-4-8-9(5-6)3-2-7(10)11/h4-5H,2-3H2,1H3,(H,10,11)/p-1. The molecule has 1 aromatic heterocycles. The zero-order valence-corrected chi connectivity index (χ0v) is 6.28. The summed E-state index contributed by atoms with van der Waals surface area (Å²) in [6, 6.07) is 0. The Morgan fingerprint density at radius 2 is 2.55 bits per heavy atom. The third kappa shape index (κ3) is 2.41. The number of nitrogens with zero attached hydrogens (tertiary/aromatic N) is 2. The second-order valence-corrected chi connectivity index (χ2v) is 2.40. The van der Waals surface area contributed by atoms with Crippen molar-refractivity contribution >= 4 is 5.97 Å². The highest BCUT2D eigenvalue weighted by atomic mass is 16.4. The van der Waals surface area contributed by atoms with Gasteiger partial charge in [-0.25, -0.2) is 0 Å². The van der Waals surface area contributed by atoms with Crippen molar-refractivity contribution in [3.8, 4) is 0 Å². The fourth-order valence-corrected chi connectivity index (χ4v) is 0.795. The Bertz CT molecular complexity index is 255. The maximum absolute atomic E-state index is 10.0. The van der Waals surface area contributed by atoms with Crippen LogP contribution in [0.4, 0.5) is 0 Å². The van der Waals surface area contributed by atoms with Gasteiger partial charge in [-0.2, -0.15) is 5.10 Å². The lowest BCUT2D eigenvalue weighted by Gasteiger charge is -2.00. The van der Waals surface area contributed by atoms with Gasteiger partial charge < -0.3 is 9.90 Å². The first-order valence-electron chi connectivity index (χ1n) is 3.37. The molecule has 0 saturated heterocycles. The summed E-state index contributed by atoms with van der Waals surface area (Å²) < 4.78 is 1.59. The zero-order chi connectivity index (χ0) is 8.27. The van der Waals surface area contributed by atoms with Crippen LogP contribution in [0.1, 0.15) is 12.0 Å². The lowest BCUT2D eigenvalue weighted by Crippen LogP contribution is -2.23. The third-order valence-electron chi connectivity index (χ3n) is 1.31. The fraction of sp³-hybridized carbons (Fsp3) is 0.429. The first-order valence-corrected chi connectivity index (χ1v) is 3.37. The molecule has 0 saturated carbocycles. The van der Waals surface area contributed by atoms with Gasteiger partial charge in [0, 0.05) is 25.1 Å². The average Bonchev–Trinajstić information content (AvgIpc) is 2.31. The number of rotatable bonds is 3. The fourth-order valence-electron chi connectivity index (χ4n) is 0.795. The van der Waals surface area contributed by atoms with Gasteiger partial charge in [0.2, 0.25) is 0 Å². The number of aryl methyl sites for hydroxylation is 2. The van der Waals surface area contributed by atoms with Crippen molar-refractivity contribution in [2.75, 3.05) is 0 Å². The van der Waals surface area contributed by atoms with Crippen LogP contribution in [0.2, 0.25) is 0 Å². The van der Waals surface area contributed by atoms with Gasteiger partial charge in [-0.1, -0.05) is 0 Å². The van der Waals surface area contributed by atoms with Crippen LogP contribution in [0, 0.1) is 6.92 Å². The predicted octanol–water partition coefficient (Wildman–Crippen LogP) is -0.668. The molecule has 0 spiro atoms. The van der Waals surface area contributed by atoms with Crippen LogP contribution in [0.5, 0.6) is 0 Å². The number of carbonyl (C=O) groups is 1. The number of carbonyl (C=O) groups excluding carboxylic acids is 1. The highest BCUT2D eigenvalue weighted by molar-refractivity contribution is 5.63. The van der Waals surface area contributed by atoms with Crippen LogP contribution < -0.4 is 5.11 Å². The highest BCUT2D eigenvalue weighted by Crippen LogP contribution is 1.94. The Morgan fingerprint density at radius 3 is 3.00 bits per heavy atom. The lowest BCUT2D eigenvalue weighted by atomic mass is 10.4. The minimum atomic E-state index is -1.04. The Morgan fingerprint density at radius 1 is 1.82 bits per heavy atom. The SMILES string of the molecule is Cc1cnn(CCC(=O)[O-])c1. The van der Waals surface area contributed by atoms with Crippen LogP contribution in [-0.2, 0) is 11.3 Å². The second-order valence-electron chi connectivity index (χ2n) is 2.40. The molecule has 11 heavy (non-hydrogen) atoms. The zero-order valence-electron chi connectivity index (χ0n) is 6.28. The number of aliphatic carboxylic acids is 1. The van der Waals surface area contributed by atoms with Gasteiger partial charge in [-0.15, -0.1) is 0 Å². The minimum Gasteiger partial charge on any atom is -0.550 e. The van der Waals surface area contributed by atoms with E-state index in [-0.39, 0.29) is 6.42 Å². The average molecular weight is 153 g/mol. The normalized spacial score (nSPS) is 9.91. The van der Waals surface area contributed by atoms with Crippen molar-refractivity contribution < 1.29 is 9.90 Å². The van der Waals surface area contributed by atoms with Crippen LogP contribution in [0.25, 0.3) is 0 Å². The van der Waals surface area contributed by atoms with Gasteiger partial charge in [0.25, 0.3) is 0 Å². The Kier molecular flexibility index (Phi) is 2.25. The highest BCUT2D eigenvalue weighted by Gasteiger charge is 1.92. The summed E-state index contributed by atoms with van der Waals surface area (Å²) in [6.07, 6.45) is 3.50. The molecule has 0 amide bonds. The molecule has 4 heteroatoms. The maximum atomic E-state index is 10.0. The minimum absolute atomic E-state index is 0.0150. The van der Waals surface area contributed by atoms with E-state index in [1.807, 2.05) is 6.92 Å². The van der Waals surface area contributed by atoms with Gasteiger partial charge in [-0.3, -0.25) is 4.68 Å². The molecule has 60 valence electrons. The van der Waals surface area contributed by atoms with Crippen molar-refractivity contribution in [1.29, 1.82) is 0 Å². The molecular formula is C7H9N2O2-. The Balaban J connectivity index is 2.45. The van der Waals surface area contributed by atoms with Crippen molar-refractivity contribution in [1.82, 2.24) is 9.78 Å². The first kappa shape index (κ1) is 7.78. The maximum Gasteiger partial charge on any atom is 0.0518 e. The quantitative estimate of drug-likeness (QED) is 0.578. The van der Waals surface area contributed by atoms with Crippen LogP contribution in [0.3, 0.4) is 0 Å². The van der Waals surface area contributed by atoms with E-state index in [1.165, 1.54) is 0 Å². The number of carboxylic acid groups (broad SMARTS) is 1.